The Balaban J connectivity index is 1.26. The van der Waals surface area contributed by atoms with Crippen LogP contribution < -0.4 is 5.32 Å². The lowest BCUT2D eigenvalue weighted by molar-refractivity contribution is -0.203. The van der Waals surface area contributed by atoms with Crippen molar-refractivity contribution in [1.29, 1.82) is 0 Å². The lowest BCUT2D eigenvalue weighted by atomic mass is 9.33. The number of carboxylic acid groups (broad SMARTS) is 1. The number of carbonyl (C=O) groups excluding carboxylic acids is 1. The van der Waals surface area contributed by atoms with Crippen molar-refractivity contribution in [1.82, 2.24) is 5.32 Å². The topological polar surface area (TPSA) is 86.6 Å². The van der Waals surface area contributed by atoms with E-state index in [0.717, 1.165) is 90.0 Å². The molecule has 3 unspecified atom stereocenters. The molecule has 0 spiro atoms. The molecule has 0 bridgehead atoms. The monoisotopic (exact) mass is 640 g/mol. The van der Waals surface area contributed by atoms with E-state index in [1.54, 1.807) is 5.57 Å². The average Bonchev–Trinajstić information content (AvgIpc) is 2.98. The summed E-state index contributed by atoms with van der Waals surface area (Å²) in [7, 11) is 0. The number of aliphatic carboxylic acids is 1. The molecule has 262 valence electrons. The Morgan fingerprint density at radius 3 is 2.09 bits per heavy atom. The van der Waals surface area contributed by atoms with E-state index < -0.39 is 5.97 Å². The van der Waals surface area contributed by atoms with E-state index in [-0.39, 0.29) is 38.6 Å². The average molecular weight is 640 g/mol. The molecule has 0 heterocycles. The zero-order valence-corrected chi connectivity index (χ0v) is 30.7. The van der Waals surface area contributed by atoms with Gasteiger partial charge in [0.2, 0.25) is 5.91 Å². The second-order valence-electron chi connectivity index (χ2n) is 19.0. The van der Waals surface area contributed by atoms with Gasteiger partial charge >= 0.3 is 5.97 Å². The molecule has 0 aliphatic heterocycles. The van der Waals surface area contributed by atoms with Crippen molar-refractivity contribution >= 4 is 11.9 Å². The third-order valence-corrected chi connectivity index (χ3v) is 15.7. The number of amides is 1. The van der Waals surface area contributed by atoms with Gasteiger partial charge in [0.1, 0.15) is 0 Å². The first-order valence-electron chi connectivity index (χ1n) is 19.4. The van der Waals surface area contributed by atoms with Crippen molar-refractivity contribution in [2.45, 2.75) is 177 Å². The van der Waals surface area contributed by atoms with Gasteiger partial charge in [-0.2, -0.15) is 0 Å². The summed E-state index contributed by atoms with van der Waals surface area (Å²) in [6, 6.07) is 0. The van der Waals surface area contributed by atoms with E-state index in [1.165, 1.54) is 32.1 Å². The van der Waals surface area contributed by atoms with Crippen LogP contribution in [0.5, 0.6) is 0 Å². The normalized spacial score (nSPS) is 40.8. The van der Waals surface area contributed by atoms with Crippen molar-refractivity contribution in [3.63, 3.8) is 0 Å². The van der Waals surface area contributed by atoms with Crippen molar-refractivity contribution < 1.29 is 19.8 Å². The van der Waals surface area contributed by atoms with E-state index in [2.05, 4.69) is 59.9 Å². The van der Waals surface area contributed by atoms with Crippen LogP contribution in [0.4, 0.5) is 0 Å². The van der Waals surface area contributed by atoms with Gasteiger partial charge in [-0.25, -0.2) is 0 Å². The summed E-state index contributed by atoms with van der Waals surface area (Å²) in [5.41, 5.74) is 2.19. The number of unbranched alkanes of at least 4 members (excludes halogenated alkanes) is 7. The standard InChI is InChI=1S/C41H69NO4/c1-36(2)23-25-41(35(46)42-27-15-13-11-9-8-10-12-14-16-34(44)45)26-24-39(6)29(30(41)28-36)17-18-32-38(5)21-20-33(43)37(3,4)31(38)19-22-40(32,39)7/h17,30-33,43H,8-16,18-28H2,1-7H3,(H,42,46)(H,44,45)/t30?,31?,32?,33-,38-,39+,40+,41-/m0/s1. The van der Waals surface area contributed by atoms with Crippen LogP contribution in [0.2, 0.25) is 0 Å². The van der Waals surface area contributed by atoms with Crippen molar-refractivity contribution in [3.8, 4) is 0 Å². The molecule has 5 nitrogen and oxygen atoms in total. The molecule has 3 N–H and O–H groups in total. The fourth-order valence-corrected chi connectivity index (χ4v) is 12.5. The van der Waals surface area contributed by atoms with Crippen LogP contribution in [0.1, 0.15) is 170 Å². The summed E-state index contributed by atoms with van der Waals surface area (Å²) in [4.78, 5) is 25.0. The molecular weight excluding hydrogens is 570 g/mol. The number of fused-ring (bicyclic) bond motifs is 7. The van der Waals surface area contributed by atoms with Gasteiger partial charge in [0.25, 0.3) is 0 Å². The summed E-state index contributed by atoms with van der Waals surface area (Å²) in [5.74, 6) is 1.17. The Morgan fingerprint density at radius 1 is 0.783 bits per heavy atom. The Kier molecular flexibility index (Phi) is 10.3. The summed E-state index contributed by atoms with van der Waals surface area (Å²) < 4.78 is 0. The predicted octanol–water partition coefficient (Wildman–Crippen LogP) is 9.86. The number of rotatable bonds is 12. The fraction of sp³-hybridized carbons (Fsp3) is 0.902. The molecule has 0 aromatic rings. The first-order chi connectivity index (χ1) is 21.5. The quantitative estimate of drug-likeness (QED) is 0.147. The zero-order chi connectivity index (χ0) is 33.6. The smallest absolute Gasteiger partial charge is 0.303 e. The van der Waals surface area contributed by atoms with Crippen molar-refractivity contribution in [2.75, 3.05) is 6.54 Å². The third-order valence-electron chi connectivity index (χ3n) is 15.7. The number of carbonyl (C=O) groups is 2. The van der Waals surface area contributed by atoms with Crippen LogP contribution in [0.3, 0.4) is 0 Å². The second kappa shape index (κ2) is 13.2. The maximum Gasteiger partial charge on any atom is 0.303 e. The van der Waals surface area contributed by atoms with E-state index in [0.29, 0.717) is 30.1 Å². The minimum atomic E-state index is -0.687. The second-order valence-corrected chi connectivity index (χ2v) is 19.0. The van der Waals surface area contributed by atoms with Crippen LogP contribution in [0, 0.1) is 50.2 Å². The SMILES string of the molecule is CC1(C)CC[C@]2(C(=O)NCCCCCCCCCCC(=O)O)CC[C@]3(C)C(=CCC4[C@@]5(C)CC[C@H](O)C(C)(C)C5CC[C@]43C)C2C1. The fourth-order valence-electron chi connectivity index (χ4n) is 12.5. The van der Waals surface area contributed by atoms with Gasteiger partial charge in [-0.15, -0.1) is 0 Å². The first kappa shape index (κ1) is 35.9. The number of allylic oxidation sites excluding steroid dienone is 2. The van der Waals surface area contributed by atoms with Crippen LogP contribution in [-0.2, 0) is 9.59 Å². The molecule has 4 fully saturated rings. The molecule has 5 heteroatoms. The molecule has 0 saturated heterocycles. The highest BCUT2D eigenvalue weighted by atomic mass is 16.4. The van der Waals surface area contributed by atoms with Gasteiger partial charge in [0.05, 0.1) is 11.5 Å². The number of aliphatic hydroxyl groups excluding tert-OH is 1. The van der Waals surface area contributed by atoms with Crippen LogP contribution in [0.25, 0.3) is 0 Å². The summed E-state index contributed by atoms with van der Waals surface area (Å²) in [6.07, 6.45) is 22.5. The van der Waals surface area contributed by atoms with Gasteiger partial charge in [-0.1, -0.05) is 98.6 Å². The third kappa shape index (κ3) is 6.15. The molecule has 5 rings (SSSR count). The maximum atomic E-state index is 14.3. The lowest BCUT2D eigenvalue weighted by Crippen LogP contribution is -2.65. The predicted molar refractivity (Wildman–Crippen MR) is 187 cm³/mol. The highest BCUT2D eigenvalue weighted by molar-refractivity contribution is 5.84. The Hall–Kier alpha value is -1.36. The van der Waals surface area contributed by atoms with Crippen LogP contribution in [0.15, 0.2) is 11.6 Å². The molecule has 0 aromatic carbocycles. The maximum absolute atomic E-state index is 14.3. The number of hydrogen-bond acceptors (Lipinski definition) is 3. The Morgan fingerprint density at radius 2 is 1.41 bits per heavy atom. The lowest BCUT2D eigenvalue weighted by Gasteiger charge is -2.71. The Labute approximate surface area is 281 Å². The van der Waals surface area contributed by atoms with E-state index in [1.807, 2.05) is 0 Å². The minimum absolute atomic E-state index is 0.0320. The number of carboxylic acids is 1. The molecular formula is C41H69NO4. The van der Waals surface area contributed by atoms with Crippen LogP contribution >= 0.6 is 0 Å². The first-order valence-corrected chi connectivity index (χ1v) is 19.4. The van der Waals surface area contributed by atoms with E-state index in [4.69, 9.17) is 5.11 Å². The van der Waals surface area contributed by atoms with E-state index >= 15 is 0 Å². The molecule has 8 atom stereocenters. The highest BCUT2D eigenvalue weighted by Gasteiger charge is 2.69. The van der Waals surface area contributed by atoms with Crippen molar-refractivity contribution in [2.24, 2.45) is 50.2 Å². The summed E-state index contributed by atoms with van der Waals surface area (Å²) in [5, 5.41) is 23.3. The number of nitrogens with one attached hydrogen (secondary N) is 1. The molecule has 1 amide bonds. The molecule has 0 radical (unpaired) electrons. The van der Waals surface area contributed by atoms with Crippen molar-refractivity contribution in [3.05, 3.63) is 11.6 Å². The Bertz CT molecular complexity index is 1160. The van der Waals surface area contributed by atoms with Gasteiger partial charge in [0, 0.05) is 13.0 Å². The molecule has 5 aliphatic carbocycles. The summed E-state index contributed by atoms with van der Waals surface area (Å²) >= 11 is 0. The van der Waals surface area contributed by atoms with Gasteiger partial charge in [0.15, 0.2) is 0 Å². The van der Waals surface area contributed by atoms with Crippen LogP contribution in [-0.4, -0.2) is 34.7 Å². The minimum Gasteiger partial charge on any atom is -0.481 e. The van der Waals surface area contributed by atoms with Gasteiger partial charge in [-0.3, -0.25) is 9.59 Å². The molecule has 0 aromatic heterocycles. The largest absolute Gasteiger partial charge is 0.481 e. The van der Waals surface area contributed by atoms with E-state index in [9.17, 15) is 14.7 Å². The van der Waals surface area contributed by atoms with Gasteiger partial charge < -0.3 is 15.5 Å². The number of aliphatic hydroxyl groups is 1. The summed E-state index contributed by atoms with van der Waals surface area (Å²) in [6.45, 7) is 18.1. The molecule has 5 aliphatic rings. The highest BCUT2D eigenvalue weighted by Crippen LogP contribution is 2.75. The van der Waals surface area contributed by atoms with Gasteiger partial charge in [-0.05, 0) is 122 Å². The zero-order valence-electron chi connectivity index (χ0n) is 30.7. The number of hydrogen-bond donors (Lipinski definition) is 3. The molecule has 4 saturated carbocycles. The molecule has 46 heavy (non-hydrogen) atoms.